The van der Waals surface area contributed by atoms with Crippen molar-refractivity contribution in [2.75, 3.05) is 0 Å². The van der Waals surface area contributed by atoms with Crippen molar-refractivity contribution in [3.8, 4) is 11.5 Å². The Kier molecular flexibility index (Phi) is 9.07. The first kappa shape index (κ1) is 26.4. The summed E-state index contributed by atoms with van der Waals surface area (Å²) in [5.74, 6) is -1.14. The van der Waals surface area contributed by atoms with Crippen LogP contribution in [0.3, 0.4) is 0 Å². The highest BCUT2D eigenvalue weighted by atomic mass is 19.1. The number of carboxylic acids is 1. The second-order valence-electron chi connectivity index (χ2n) is 8.80. The van der Waals surface area contributed by atoms with Crippen molar-refractivity contribution in [3.05, 3.63) is 131 Å². The van der Waals surface area contributed by atoms with Crippen LogP contribution in [0.4, 0.5) is 4.39 Å². The van der Waals surface area contributed by atoms with Gasteiger partial charge in [0.25, 0.3) is 0 Å². The highest BCUT2D eigenvalue weighted by Crippen LogP contribution is 2.30. The number of rotatable bonds is 12. The second kappa shape index (κ2) is 13.1. The van der Waals surface area contributed by atoms with Crippen molar-refractivity contribution in [2.45, 2.75) is 32.1 Å². The Morgan fingerprint density at radius 3 is 1.92 bits per heavy atom. The van der Waals surface area contributed by atoms with Crippen molar-refractivity contribution in [3.63, 3.8) is 0 Å². The van der Waals surface area contributed by atoms with Crippen LogP contribution in [0.15, 0.2) is 103 Å². The number of hydrogen-bond donors (Lipinski definition) is 2. The van der Waals surface area contributed by atoms with E-state index < -0.39 is 23.7 Å². The third kappa shape index (κ3) is 7.93. The molecule has 4 aromatic carbocycles. The fraction of sp³-hybridized carbons (Fsp3) is 0.161. The quantitative estimate of drug-likeness (QED) is 0.267. The number of ether oxygens (including phenoxy) is 2. The van der Waals surface area contributed by atoms with Gasteiger partial charge in [0, 0.05) is 6.42 Å². The zero-order valence-corrected chi connectivity index (χ0v) is 20.7. The number of nitrogens with one attached hydrogen (secondary N) is 1. The largest absolute Gasteiger partial charge is 0.485 e. The van der Waals surface area contributed by atoms with Crippen molar-refractivity contribution in [2.24, 2.45) is 0 Å². The van der Waals surface area contributed by atoms with E-state index in [-0.39, 0.29) is 12.8 Å². The predicted octanol–water partition coefficient (Wildman–Crippen LogP) is 5.34. The Labute approximate surface area is 220 Å². The minimum Gasteiger partial charge on any atom is -0.485 e. The van der Waals surface area contributed by atoms with E-state index in [9.17, 15) is 19.1 Å². The smallest absolute Gasteiger partial charge is 0.326 e. The summed E-state index contributed by atoms with van der Waals surface area (Å²) >= 11 is 0. The van der Waals surface area contributed by atoms with Crippen LogP contribution in [0.1, 0.15) is 22.3 Å². The van der Waals surface area contributed by atoms with Gasteiger partial charge in [-0.25, -0.2) is 9.18 Å². The molecule has 0 heterocycles. The van der Waals surface area contributed by atoms with Gasteiger partial charge in [0.15, 0.2) is 11.5 Å². The third-order valence-electron chi connectivity index (χ3n) is 5.81. The SMILES string of the molecule is O=C(Cc1cccc(F)c1)N[C@@H](Cc1ccc(OCc2ccccc2)c(OCc2ccccc2)c1)C(=O)O. The fourth-order valence-corrected chi connectivity index (χ4v) is 3.90. The molecule has 0 aliphatic heterocycles. The first-order chi connectivity index (χ1) is 18.5. The number of carbonyl (C=O) groups is 2. The Balaban J connectivity index is 1.48. The minimum absolute atomic E-state index is 0.0326. The average molecular weight is 514 g/mol. The zero-order chi connectivity index (χ0) is 26.7. The molecule has 0 radical (unpaired) electrons. The maximum atomic E-state index is 13.4. The lowest BCUT2D eigenvalue weighted by Crippen LogP contribution is -2.43. The van der Waals surface area contributed by atoms with E-state index >= 15 is 0 Å². The highest BCUT2D eigenvalue weighted by Gasteiger charge is 2.21. The van der Waals surface area contributed by atoms with Crippen LogP contribution in [0.2, 0.25) is 0 Å². The predicted molar refractivity (Wildman–Crippen MR) is 141 cm³/mol. The summed E-state index contributed by atoms with van der Waals surface area (Å²) in [7, 11) is 0. The lowest BCUT2D eigenvalue weighted by molar-refractivity contribution is -0.141. The summed E-state index contributed by atoms with van der Waals surface area (Å²) < 4.78 is 25.5. The number of amides is 1. The summed E-state index contributed by atoms with van der Waals surface area (Å²) in [5.41, 5.74) is 3.08. The first-order valence-corrected chi connectivity index (χ1v) is 12.2. The molecule has 0 fully saturated rings. The van der Waals surface area contributed by atoms with E-state index in [1.54, 1.807) is 24.3 Å². The van der Waals surface area contributed by atoms with E-state index in [0.29, 0.717) is 35.8 Å². The van der Waals surface area contributed by atoms with Crippen LogP contribution >= 0.6 is 0 Å². The van der Waals surface area contributed by atoms with Crippen molar-refractivity contribution in [1.29, 1.82) is 0 Å². The molecule has 7 heteroatoms. The second-order valence-corrected chi connectivity index (χ2v) is 8.80. The Morgan fingerprint density at radius 2 is 1.32 bits per heavy atom. The summed E-state index contributed by atoms with van der Waals surface area (Å²) in [6.45, 7) is 0.647. The van der Waals surface area contributed by atoms with Crippen molar-refractivity contribution in [1.82, 2.24) is 5.32 Å². The minimum atomic E-state index is -1.17. The van der Waals surface area contributed by atoms with Gasteiger partial charge < -0.3 is 19.9 Å². The Hall–Kier alpha value is -4.65. The zero-order valence-electron chi connectivity index (χ0n) is 20.7. The summed E-state index contributed by atoms with van der Waals surface area (Å²) in [6, 6.07) is 29.1. The van der Waals surface area contributed by atoms with Gasteiger partial charge in [-0.2, -0.15) is 0 Å². The molecule has 1 amide bonds. The van der Waals surface area contributed by atoms with Crippen LogP contribution < -0.4 is 14.8 Å². The van der Waals surface area contributed by atoms with Crippen LogP contribution in [0.25, 0.3) is 0 Å². The van der Waals surface area contributed by atoms with Gasteiger partial charge in [0.1, 0.15) is 25.1 Å². The molecule has 0 saturated carbocycles. The maximum absolute atomic E-state index is 13.4. The van der Waals surface area contributed by atoms with Crippen LogP contribution in [0.5, 0.6) is 11.5 Å². The van der Waals surface area contributed by atoms with E-state index in [2.05, 4.69) is 5.32 Å². The first-order valence-electron chi connectivity index (χ1n) is 12.2. The van der Waals surface area contributed by atoms with Gasteiger partial charge >= 0.3 is 5.97 Å². The van der Waals surface area contributed by atoms with Gasteiger partial charge in [-0.3, -0.25) is 4.79 Å². The summed E-state index contributed by atoms with van der Waals surface area (Å²) in [6.07, 6.45) is -0.0931. The highest BCUT2D eigenvalue weighted by molar-refractivity contribution is 5.85. The number of halogens is 1. The molecule has 2 N–H and O–H groups in total. The molecule has 194 valence electrons. The molecule has 38 heavy (non-hydrogen) atoms. The van der Waals surface area contributed by atoms with Crippen molar-refractivity contribution < 1.29 is 28.6 Å². The maximum Gasteiger partial charge on any atom is 0.326 e. The molecule has 0 aliphatic carbocycles. The monoisotopic (exact) mass is 513 g/mol. The van der Waals surface area contributed by atoms with Crippen LogP contribution in [-0.2, 0) is 35.6 Å². The van der Waals surface area contributed by atoms with Gasteiger partial charge in [-0.1, -0.05) is 78.9 Å². The lowest BCUT2D eigenvalue weighted by atomic mass is 10.0. The van der Waals surface area contributed by atoms with Gasteiger partial charge in [0.05, 0.1) is 6.42 Å². The summed E-state index contributed by atoms with van der Waals surface area (Å²) in [5, 5.41) is 12.3. The molecular weight excluding hydrogens is 485 g/mol. The Morgan fingerprint density at radius 1 is 0.711 bits per heavy atom. The van der Waals surface area contributed by atoms with Crippen LogP contribution in [-0.4, -0.2) is 23.0 Å². The van der Waals surface area contributed by atoms with E-state index in [1.807, 2.05) is 60.7 Å². The molecule has 1 atom stereocenters. The van der Waals surface area contributed by atoms with E-state index in [1.165, 1.54) is 18.2 Å². The topological polar surface area (TPSA) is 84.9 Å². The number of aliphatic carboxylic acids is 1. The van der Waals surface area contributed by atoms with Gasteiger partial charge in [-0.05, 0) is 46.5 Å². The number of hydrogen-bond acceptors (Lipinski definition) is 4. The molecule has 4 rings (SSSR count). The van der Waals surface area contributed by atoms with Gasteiger partial charge in [0.2, 0.25) is 5.91 Å². The molecule has 0 spiro atoms. The number of benzene rings is 4. The number of carboxylic acid groups (broad SMARTS) is 1. The molecule has 0 aromatic heterocycles. The third-order valence-corrected chi connectivity index (χ3v) is 5.81. The number of carbonyl (C=O) groups excluding carboxylic acids is 1. The van der Waals surface area contributed by atoms with Gasteiger partial charge in [-0.15, -0.1) is 0 Å². The molecule has 0 saturated heterocycles. The molecule has 6 nitrogen and oxygen atoms in total. The average Bonchev–Trinajstić information content (AvgIpc) is 2.92. The van der Waals surface area contributed by atoms with E-state index in [0.717, 1.165) is 11.1 Å². The molecule has 0 aliphatic rings. The lowest BCUT2D eigenvalue weighted by Gasteiger charge is -2.17. The standard InChI is InChI=1S/C31H28FNO5/c32-26-13-7-12-24(16-26)19-30(34)33-27(31(35)36)17-25-14-15-28(37-20-22-8-3-1-4-9-22)29(18-25)38-21-23-10-5-2-6-11-23/h1-16,18,27H,17,19-21H2,(H,33,34)(H,35,36)/t27-/m0/s1. The molecule has 4 aromatic rings. The Bertz CT molecular complexity index is 1360. The normalized spacial score (nSPS) is 11.4. The fourth-order valence-electron chi connectivity index (χ4n) is 3.90. The molecule has 0 unspecified atom stereocenters. The van der Waals surface area contributed by atoms with Crippen LogP contribution in [0, 0.1) is 5.82 Å². The molecular formula is C31H28FNO5. The molecule has 0 bridgehead atoms. The summed E-state index contributed by atoms with van der Waals surface area (Å²) in [4.78, 5) is 24.4. The van der Waals surface area contributed by atoms with Crippen molar-refractivity contribution >= 4 is 11.9 Å². The van der Waals surface area contributed by atoms with E-state index in [4.69, 9.17) is 9.47 Å².